The second-order valence-electron chi connectivity index (χ2n) is 3.19. The van der Waals surface area contributed by atoms with Crippen molar-refractivity contribution in [3.05, 3.63) is 24.0 Å². The first-order valence-electron chi connectivity index (χ1n) is 4.63. The normalized spacial score (nSPS) is 12.7. The van der Waals surface area contributed by atoms with E-state index in [4.69, 9.17) is 15.5 Å². The van der Waals surface area contributed by atoms with Gasteiger partial charge < -0.3 is 10.2 Å². The van der Waals surface area contributed by atoms with E-state index in [2.05, 4.69) is 4.98 Å². The van der Waals surface area contributed by atoms with Gasteiger partial charge in [-0.05, 0) is 12.1 Å². The Balaban J connectivity index is 2.99. The Morgan fingerprint density at radius 1 is 1.56 bits per heavy atom. The summed E-state index contributed by atoms with van der Waals surface area (Å²) in [6, 6.07) is 2.38. The highest BCUT2D eigenvalue weighted by Crippen LogP contribution is 2.08. The van der Waals surface area contributed by atoms with E-state index in [1.807, 2.05) is 0 Å². The molecular weight excluding hydrogens is 262 g/mol. The van der Waals surface area contributed by atoms with Gasteiger partial charge in [-0.15, -0.1) is 0 Å². The molecule has 0 saturated heterocycles. The Labute approximate surface area is 103 Å². The number of aliphatic hydroxyl groups is 1. The Morgan fingerprint density at radius 3 is 2.61 bits per heavy atom. The van der Waals surface area contributed by atoms with E-state index in [1.54, 1.807) is 10.8 Å². The maximum Gasteiger partial charge on any atom is 0.324 e. The van der Waals surface area contributed by atoms with Crippen LogP contribution in [-0.2, 0) is 14.8 Å². The van der Waals surface area contributed by atoms with Crippen molar-refractivity contribution < 1.29 is 23.4 Å². The first kappa shape index (κ1) is 14.0. The maximum absolute atomic E-state index is 11.7. The standard InChI is InChI=1S/C9H9N3O5S/c10-3-6-1-2-7(4-11-6)18(16,17)12-8(5-13)9(14)15/h1-2,4,8,12-13H,5H2,(H,14,15). The maximum atomic E-state index is 11.7. The molecule has 0 aliphatic heterocycles. The molecule has 0 aliphatic rings. The number of nitrogens with one attached hydrogen (secondary N) is 1. The number of sulfonamides is 1. The monoisotopic (exact) mass is 271 g/mol. The van der Waals surface area contributed by atoms with Gasteiger partial charge >= 0.3 is 5.97 Å². The van der Waals surface area contributed by atoms with Crippen LogP contribution in [0.4, 0.5) is 0 Å². The molecule has 1 rings (SSSR count). The third-order valence-corrected chi connectivity index (χ3v) is 3.40. The summed E-state index contributed by atoms with van der Waals surface area (Å²) in [6.45, 7) is -0.877. The molecule has 0 fully saturated rings. The molecule has 0 aromatic carbocycles. The highest BCUT2D eigenvalue weighted by molar-refractivity contribution is 7.89. The lowest BCUT2D eigenvalue weighted by atomic mass is 10.3. The molecular formula is C9H9N3O5S. The van der Waals surface area contributed by atoms with Gasteiger partial charge in [0.25, 0.3) is 0 Å². The van der Waals surface area contributed by atoms with Crippen LogP contribution in [0, 0.1) is 11.3 Å². The van der Waals surface area contributed by atoms with Gasteiger partial charge in [0, 0.05) is 6.20 Å². The van der Waals surface area contributed by atoms with Crippen molar-refractivity contribution in [2.75, 3.05) is 6.61 Å². The van der Waals surface area contributed by atoms with Crippen LogP contribution in [0.1, 0.15) is 5.69 Å². The number of hydrogen-bond acceptors (Lipinski definition) is 6. The minimum atomic E-state index is -4.10. The molecule has 18 heavy (non-hydrogen) atoms. The van der Waals surface area contributed by atoms with Crippen LogP contribution in [-0.4, -0.2) is 42.2 Å². The number of carboxylic acids is 1. The van der Waals surface area contributed by atoms with E-state index < -0.39 is 28.6 Å². The van der Waals surface area contributed by atoms with E-state index in [0.717, 1.165) is 12.3 Å². The lowest BCUT2D eigenvalue weighted by Gasteiger charge is -2.11. The van der Waals surface area contributed by atoms with Crippen LogP contribution in [0.15, 0.2) is 23.2 Å². The molecule has 0 bridgehead atoms. The second-order valence-corrected chi connectivity index (χ2v) is 4.90. The summed E-state index contributed by atoms with van der Waals surface area (Å²) in [7, 11) is -4.10. The summed E-state index contributed by atoms with van der Waals surface area (Å²) in [6.07, 6.45) is 0.928. The molecule has 1 heterocycles. The molecule has 96 valence electrons. The number of carboxylic acid groups (broad SMARTS) is 1. The molecule has 1 atom stereocenters. The lowest BCUT2D eigenvalue weighted by molar-refractivity contribution is -0.139. The van der Waals surface area contributed by atoms with Gasteiger partial charge in [0.05, 0.1) is 6.61 Å². The summed E-state index contributed by atoms with van der Waals surface area (Å²) in [5, 5.41) is 25.8. The third kappa shape index (κ3) is 3.24. The molecule has 1 aromatic rings. The smallest absolute Gasteiger partial charge is 0.324 e. The topological polar surface area (TPSA) is 140 Å². The molecule has 9 heteroatoms. The Kier molecular flexibility index (Phi) is 4.33. The largest absolute Gasteiger partial charge is 0.480 e. The highest BCUT2D eigenvalue weighted by atomic mass is 32.2. The summed E-state index contributed by atoms with van der Waals surface area (Å²) < 4.78 is 25.2. The van der Waals surface area contributed by atoms with Crippen molar-refractivity contribution in [3.63, 3.8) is 0 Å². The Morgan fingerprint density at radius 2 is 2.22 bits per heavy atom. The fourth-order valence-corrected chi connectivity index (χ4v) is 2.15. The number of pyridine rings is 1. The quantitative estimate of drug-likeness (QED) is 0.603. The molecule has 3 N–H and O–H groups in total. The Hall–Kier alpha value is -2.02. The number of nitrogens with zero attached hydrogens (tertiary/aromatic N) is 2. The predicted molar refractivity (Wildman–Crippen MR) is 57.8 cm³/mol. The summed E-state index contributed by atoms with van der Waals surface area (Å²) in [4.78, 5) is 13.9. The van der Waals surface area contributed by atoms with E-state index in [1.165, 1.54) is 6.07 Å². The summed E-state index contributed by atoms with van der Waals surface area (Å²) in [5.74, 6) is -1.50. The number of carbonyl (C=O) groups is 1. The van der Waals surface area contributed by atoms with E-state index >= 15 is 0 Å². The number of nitriles is 1. The van der Waals surface area contributed by atoms with Crippen molar-refractivity contribution in [3.8, 4) is 6.07 Å². The Bertz CT molecular complexity index is 575. The van der Waals surface area contributed by atoms with Crippen LogP contribution in [0.2, 0.25) is 0 Å². The summed E-state index contributed by atoms with van der Waals surface area (Å²) in [5.41, 5.74) is 0.0332. The van der Waals surface area contributed by atoms with Crippen molar-refractivity contribution in [1.29, 1.82) is 5.26 Å². The molecule has 0 radical (unpaired) electrons. The van der Waals surface area contributed by atoms with E-state index in [9.17, 15) is 13.2 Å². The van der Waals surface area contributed by atoms with Gasteiger partial charge in [-0.3, -0.25) is 4.79 Å². The molecule has 0 amide bonds. The van der Waals surface area contributed by atoms with Gasteiger partial charge in [-0.2, -0.15) is 9.98 Å². The van der Waals surface area contributed by atoms with Crippen molar-refractivity contribution in [1.82, 2.24) is 9.71 Å². The number of hydrogen-bond donors (Lipinski definition) is 3. The van der Waals surface area contributed by atoms with E-state index in [-0.39, 0.29) is 10.6 Å². The average Bonchev–Trinajstić information content (AvgIpc) is 2.35. The molecule has 8 nitrogen and oxygen atoms in total. The first-order chi connectivity index (χ1) is 8.40. The van der Waals surface area contributed by atoms with Crippen LogP contribution < -0.4 is 4.72 Å². The molecule has 0 aliphatic carbocycles. The minimum Gasteiger partial charge on any atom is -0.480 e. The summed E-state index contributed by atoms with van der Waals surface area (Å²) >= 11 is 0. The van der Waals surface area contributed by atoms with Crippen LogP contribution in [0.3, 0.4) is 0 Å². The molecule has 0 spiro atoms. The molecule has 0 saturated carbocycles. The molecule has 1 unspecified atom stereocenters. The van der Waals surface area contributed by atoms with Gasteiger partial charge in [-0.1, -0.05) is 0 Å². The van der Waals surface area contributed by atoms with Gasteiger partial charge in [0.1, 0.15) is 22.7 Å². The highest BCUT2D eigenvalue weighted by Gasteiger charge is 2.24. The fraction of sp³-hybridized carbons (Fsp3) is 0.222. The van der Waals surface area contributed by atoms with Crippen LogP contribution in [0.25, 0.3) is 0 Å². The van der Waals surface area contributed by atoms with Crippen molar-refractivity contribution in [2.45, 2.75) is 10.9 Å². The number of rotatable bonds is 5. The van der Waals surface area contributed by atoms with Gasteiger partial charge in [0.2, 0.25) is 10.0 Å². The predicted octanol–water partition coefficient (Wildman–Crippen LogP) is -1.32. The first-order valence-corrected chi connectivity index (χ1v) is 6.11. The van der Waals surface area contributed by atoms with Crippen LogP contribution in [0.5, 0.6) is 0 Å². The zero-order valence-electron chi connectivity index (χ0n) is 8.94. The number of aliphatic hydroxyl groups excluding tert-OH is 1. The SMILES string of the molecule is N#Cc1ccc(S(=O)(=O)NC(CO)C(=O)O)cn1. The second kappa shape index (κ2) is 5.54. The van der Waals surface area contributed by atoms with E-state index in [0.29, 0.717) is 0 Å². The zero-order valence-corrected chi connectivity index (χ0v) is 9.75. The third-order valence-electron chi connectivity index (χ3n) is 1.94. The average molecular weight is 271 g/mol. The van der Waals surface area contributed by atoms with Crippen molar-refractivity contribution in [2.24, 2.45) is 0 Å². The number of aliphatic carboxylic acids is 1. The van der Waals surface area contributed by atoms with Crippen molar-refractivity contribution >= 4 is 16.0 Å². The lowest BCUT2D eigenvalue weighted by Crippen LogP contribution is -2.43. The minimum absolute atomic E-state index is 0.0332. The molecule has 1 aromatic heterocycles. The van der Waals surface area contributed by atoms with Crippen LogP contribution >= 0.6 is 0 Å². The zero-order chi connectivity index (χ0) is 13.8. The van der Waals surface area contributed by atoms with Gasteiger partial charge in [0.15, 0.2) is 0 Å². The number of aromatic nitrogens is 1. The fourth-order valence-electron chi connectivity index (χ4n) is 1.03. The van der Waals surface area contributed by atoms with Gasteiger partial charge in [-0.25, -0.2) is 13.4 Å².